The highest BCUT2D eigenvalue weighted by Gasteiger charge is 1.94. The summed E-state index contributed by atoms with van der Waals surface area (Å²) in [6.07, 6.45) is 4.43. The van der Waals surface area contributed by atoms with Gasteiger partial charge in [0.05, 0.1) is 12.8 Å². The van der Waals surface area contributed by atoms with Crippen LogP contribution in [0.3, 0.4) is 0 Å². The van der Waals surface area contributed by atoms with E-state index in [2.05, 4.69) is 21.8 Å². The van der Waals surface area contributed by atoms with Crippen LogP contribution >= 0.6 is 11.3 Å². The lowest BCUT2D eigenvalue weighted by Gasteiger charge is -2.03. The molecule has 0 radical (unpaired) electrons. The Morgan fingerprint density at radius 2 is 2.36 bits per heavy atom. The predicted octanol–water partition coefficient (Wildman–Crippen LogP) is 2.76. The van der Waals surface area contributed by atoms with Crippen LogP contribution in [0.1, 0.15) is 5.56 Å². The zero-order chi connectivity index (χ0) is 9.64. The van der Waals surface area contributed by atoms with E-state index >= 15 is 0 Å². The first-order valence-corrected chi connectivity index (χ1v) is 5.43. The molecule has 0 spiro atoms. The van der Waals surface area contributed by atoms with E-state index in [4.69, 9.17) is 4.74 Å². The van der Waals surface area contributed by atoms with Gasteiger partial charge in [0.15, 0.2) is 0 Å². The Labute approximate surface area is 87.2 Å². The van der Waals surface area contributed by atoms with Crippen molar-refractivity contribution in [2.75, 3.05) is 6.61 Å². The molecule has 0 bridgehead atoms. The average molecular weight is 205 g/mol. The lowest BCUT2D eigenvalue weighted by atomic mass is 10.3. The minimum atomic E-state index is 0.711. The molecular weight excluding hydrogens is 194 g/mol. The molecular formula is C11H11NOS. The van der Waals surface area contributed by atoms with Crippen LogP contribution in [0.2, 0.25) is 0 Å². The molecule has 0 atom stereocenters. The molecule has 14 heavy (non-hydrogen) atoms. The van der Waals surface area contributed by atoms with Crippen LogP contribution in [-0.2, 0) is 6.42 Å². The molecule has 2 heterocycles. The number of nitrogens with zero attached hydrogens (tertiary/aromatic N) is 1. The number of thiophene rings is 1. The van der Waals surface area contributed by atoms with Gasteiger partial charge in [-0.05, 0) is 34.5 Å². The van der Waals surface area contributed by atoms with Crippen molar-refractivity contribution in [1.82, 2.24) is 4.98 Å². The smallest absolute Gasteiger partial charge is 0.137 e. The summed E-state index contributed by atoms with van der Waals surface area (Å²) in [6, 6.07) is 5.91. The molecule has 0 aliphatic carbocycles. The second-order valence-electron chi connectivity index (χ2n) is 2.92. The number of hydrogen-bond acceptors (Lipinski definition) is 3. The van der Waals surface area contributed by atoms with Gasteiger partial charge in [-0.15, -0.1) is 0 Å². The van der Waals surface area contributed by atoms with Crippen molar-refractivity contribution in [2.45, 2.75) is 6.42 Å². The topological polar surface area (TPSA) is 22.1 Å². The van der Waals surface area contributed by atoms with Crippen LogP contribution in [0.15, 0.2) is 41.4 Å². The summed E-state index contributed by atoms with van der Waals surface area (Å²) in [7, 11) is 0. The summed E-state index contributed by atoms with van der Waals surface area (Å²) < 4.78 is 5.52. The monoisotopic (exact) mass is 205 g/mol. The van der Waals surface area contributed by atoms with Crippen LogP contribution in [-0.4, -0.2) is 11.6 Å². The van der Waals surface area contributed by atoms with E-state index in [1.54, 1.807) is 23.7 Å². The van der Waals surface area contributed by atoms with Crippen LogP contribution in [0.25, 0.3) is 0 Å². The van der Waals surface area contributed by atoms with Crippen molar-refractivity contribution < 1.29 is 4.74 Å². The van der Waals surface area contributed by atoms with Crippen LogP contribution in [0, 0.1) is 0 Å². The molecule has 2 nitrogen and oxygen atoms in total. The second-order valence-corrected chi connectivity index (χ2v) is 3.70. The summed E-state index contributed by atoms with van der Waals surface area (Å²) >= 11 is 1.72. The summed E-state index contributed by atoms with van der Waals surface area (Å²) in [5.74, 6) is 0.836. The third-order valence-electron chi connectivity index (χ3n) is 1.87. The molecule has 3 heteroatoms. The molecule has 2 rings (SSSR count). The molecule has 0 saturated heterocycles. The van der Waals surface area contributed by atoms with Crippen LogP contribution in [0.4, 0.5) is 0 Å². The molecule has 0 fully saturated rings. The number of rotatable bonds is 4. The normalized spacial score (nSPS) is 10.0. The molecule has 0 aliphatic rings. The van der Waals surface area contributed by atoms with Gasteiger partial charge in [0.1, 0.15) is 5.75 Å². The molecule has 0 aliphatic heterocycles. The van der Waals surface area contributed by atoms with Gasteiger partial charge in [-0.1, -0.05) is 0 Å². The number of pyridine rings is 1. The van der Waals surface area contributed by atoms with Crippen molar-refractivity contribution in [3.8, 4) is 5.75 Å². The average Bonchev–Trinajstić information content (AvgIpc) is 2.72. The van der Waals surface area contributed by atoms with Crippen molar-refractivity contribution >= 4 is 11.3 Å². The second kappa shape index (κ2) is 4.77. The van der Waals surface area contributed by atoms with E-state index in [0.717, 1.165) is 12.2 Å². The van der Waals surface area contributed by atoms with Gasteiger partial charge in [-0.2, -0.15) is 11.3 Å². The molecule has 0 N–H and O–H groups in total. The molecule has 72 valence electrons. The highest BCUT2D eigenvalue weighted by Crippen LogP contribution is 2.09. The highest BCUT2D eigenvalue weighted by atomic mass is 32.1. The Kier molecular flexibility index (Phi) is 3.14. The zero-order valence-electron chi connectivity index (χ0n) is 7.72. The Hall–Kier alpha value is -1.35. The van der Waals surface area contributed by atoms with Crippen molar-refractivity contribution in [3.05, 3.63) is 46.9 Å². The molecule has 0 aromatic carbocycles. The van der Waals surface area contributed by atoms with Gasteiger partial charge >= 0.3 is 0 Å². The molecule has 0 unspecified atom stereocenters. The van der Waals surface area contributed by atoms with Gasteiger partial charge in [0, 0.05) is 12.6 Å². The Morgan fingerprint density at radius 1 is 1.36 bits per heavy atom. The number of aromatic nitrogens is 1. The van der Waals surface area contributed by atoms with E-state index in [1.807, 2.05) is 12.1 Å². The Morgan fingerprint density at radius 3 is 3.07 bits per heavy atom. The summed E-state index contributed by atoms with van der Waals surface area (Å²) in [5, 5.41) is 4.23. The lowest BCUT2D eigenvalue weighted by Crippen LogP contribution is -2.00. The maximum Gasteiger partial charge on any atom is 0.137 e. The van der Waals surface area contributed by atoms with E-state index in [0.29, 0.717) is 6.61 Å². The minimum absolute atomic E-state index is 0.711. The quantitative estimate of drug-likeness (QED) is 0.765. The summed E-state index contributed by atoms with van der Waals surface area (Å²) in [5.41, 5.74) is 1.33. The Balaban J connectivity index is 1.79. The summed E-state index contributed by atoms with van der Waals surface area (Å²) in [6.45, 7) is 0.711. The van der Waals surface area contributed by atoms with E-state index < -0.39 is 0 Å². The first-order valence-electron chi connectivity index (χ1n) is 4.49. The number of hydrogen-bond donors (Lipinski definition) is 0. The van der Waals surface area contributed by atoms with Crippen molar-refractivity contribution in [2.24, 2.45) is 0 Å². The lowest BCUT2D eigenvalue weighted by molar-refractivity contribution is 0.321. The SMILES string of the molecule is c1cncc(OCCc2ccsc2)c1. The fraction of sp³-hybridized carbons (Fsp3) is 0.182. The van der Waals surface area contributed by atoms with E-state index in [9.17, 15) is 0 Å². The third-order valence-corrected chi connectivity index (χ3v) is 2.61. The maximum atomic E-state index is 5.52. The Bertz CT molecular complexity index is 358. The fourth-order valence-corrected chi connectivity index (χ4v) is 1.86. The first kappa shape index (κ1) is 9.21. The van der Waals surface area contributed by atoms with E-state index in [-0.39, 0.29) is 0 Å². The van der Waals surface area contributed by atoms with E-state index in [1.165, 1.54) is 5.56 Å². The fourth-order valence-electron chi connectivity index (χ4n) is 1.15. The van der Waals surface area contributed by atoms with Gasteiger partial charge in [-0.25, -0.2) is 0 Å². The zero-order valence-corrected chi connectivity index (χ0v) is 8.54. The first-order chi connectivity index (χ1) is 6.95. The van der Waals surface area contributed by atoms with Crippen LogP contribution < -0.4 is 4.74 Å². The third kappa shape index (κ3) is 2.57. The molecule has 0 amide bonds. The van der Waals surface area contributed by atoms with Gasteiger partial charge in [0.25, 0.3) is 0 Å². The van der Waals surface area contributed by atoms with Gasteiger partial charge in [-0.3, -0.25) is 4.98 Å². The maximum absolute atomic E-state index is 5.52. The standard InChI is InChI=1S/C11H11NOS/c1-2-11(8-12-5-1)13-6-3-10-4-7-14-9-10/h1-2,4-5,7-9H,3,6H2. The molecule has 2 aromatic rings. The van der Waals surface area contributed by atoms with Crippen LogP contribution in [0.5, 0.6) is 5.75 Å². The summed E-state index contributed by atoms with van der Waals surface area (Å²) in [4.78, 5) is 3.98. The van der Waals surface area contributed by atoms with Crippen molar-refractivity contribution in [1.29, 1.82) is 0 Å². The number of ether oxygens (including phenoxy) is 1. The minimum Gasteiger partial charge on any atom is -0.492 e. The largest absolute Gasteiger partial charge is 0.492 e. The molecule has 0 saturated carbocycles. The van der Waals surface area contributed by atoms with Crippen molar-refractivity contribution in [3.63, 3.8) is 0 Å². The molecule has 2 aromatic heterocycles. The predicted molar refractivity (Wildman–Crippen MR) is 57.8 cm³/mol. The van der Waals surface area contributed by atoms with Gasteiger partial charge in [0.2, 0.25) is 0 Å². The van der Waals surface area contributed by atoms with Gasteiger partial charge < -0.3 is 4.74 Å². The highest BCUT2D eigenvalue weighted by molar-refractivity contribution is 7.07.